The fourth-order valence-corrected chi connectivity index (χ4v) is 3.94. The van der Waals surface area contributed by atoms with E-state index < -0.39 is 0 Å². The van der Waals surface area contributed by atoms with Gasteiger partial charge in [0.25, 0.3) is 0 Å². The van der Waals surface area contributed by atoms with Crippen LogP contribution in [0.3, 0.4) is 0 Å². The van der Waals surface area contributed by atoms with Gasteiger partial charge in [0.05, 0.1) is 9.90 Å². The lowest BCUT2D eigenvalue weighted by molar-refractivity contribution is -0.116. The molecular formula is C21H17ClN4O2S2. The zero-order chi connectivity index (χ0) is 20.9. The second-order valence-corrected chi connectivity index (χ2v) is 8.08. The highest BCUT2D eigenvalue weighted by Crippen LogP contribution is 2.29. The summed E-state index contributed by atoms with van der Waals surface area (Å²) in [6, 6.07) is 18.3. The van der Waals surface area contributed by atoms with Gasteiger partial charge in [0, 0.05) is 18.7 Å². The van der Waals surface area contributed by atoms with E-state index in [1.165, 1.54) is 0 Å². The van der Waals surface area contributed by atoms with E-state index in [4.69, 9.17) is 28.6 Å². The van der Waals surface area contributed by atoms with Crippen LogP contribution < -0.4 is 10.1 Å². The van der Waals surface area contributed by atoms with Crippen molar-refractivity contribution in [3.05, 3.63) is 75.8 Å². The van der Waals surface area contributed by atoms with Crippen molar-refractivity contribution < 1.29 is 9.53 Å². The van der Waals surface area contributed by atoms with Gasteiger partial charge < -0.3 is 10.1 Å². The van der Waals surface area contributed by atoms with Gasteiger partial charge in [-0.15, -0.1) is 11.3 Å². The maximum Gasteiger partial charge on any atom is 0.226 e. The first-order valence-electron chi connectivity index (χ1n) is 9.11. The number of halogens is 1. The molecule has 0 spiro atoms. The minimum absolute atomic E-state index is 0.116. The summed E-state index contributed by atoms with van der Waals surface area (Å²) in [6.45, 7) is 0.433. The third-order valence-electron chi connectivity index (χ3n) is 4.26. The number of hydrogen-bond donors (Lipinski definition) is 2. The molecule has 0 aliphatic carbocycles. The number of hydrogen-bond acceptors (Lipinski definition) is 5. The number of carbonyl (C=O) groups excluding carboxylic acids is 1. The number of nitrogens with zero attached hydrogens (tertiary/aromatic N) is 2. The Morgan fingerprint density at radius 1 is 1.17 bits per heavy atom. The molecule has 152 valence electrons. The molecule has 4 rings (SSSR count). The Morgan fingerprint density at radius 2 is 1.97 bits per heavy atom. The number of carbonyl (C=O) groups is 1. The second kappa shape index (κ2) is 9.25. The van der Waals surface area contributed by atoms with Crippen molar-refractivity contribution in [2.24, 2.45) is 0 Å². The highest BCUT2D eigenvalue weighted by Gasteiger charge is 2.12. The van der Waals surface area contributed by atoms with E-state index in [2.05, 4.69) is 15.5 Å². The minimum atomic E-state index is -0.116. The number of aromatic amines is 1. The second-order valence-electron chi connectivity index (χ2n) is 6.34. The molecule has 0 aliphatic rings. The number of rotatable bonds is 7. The summed E-state index contributed by atoms with van der Waals surface area (Å²) in [6.07, 6.45) is 0.268. The molecule has 9 heteroatoms. The molecule has 0 saturated heterocycles. The van der Waals surface area contributed by atoms with E-state index in [1.54, 1.807) is 47.7 Å². The van der Waals surface area contributed by atoms with Crippen molar-refractivity contribution in [1.29, 1.82) is 0 Å². The molecule has 0 saturated carbocycles. The lowest BCUT2D eigenvalue weighted by atomic mass is 10.3. The normalized spacial score (nSPS) is 10.7. The zero-order valence-electron chi connectivity index (χ0n) is 15.7. The number of thiophene rings is 1. The number of para-hydroxylation sites is 1. The SMILES string of the molecule is O=C(CCn1c(-c2cccs2)n[nH]c1=S)Nc1ccc(Oc2ccccc2Cl)cc1. The molecular weight excluding hydrogens is 440 g/mol. The summed E-state index contributed by atoms with van der Waals surface area (Å²) in [5, 5.41) is 12.5. The number of amides is 1. The van der Waals surface area contributed by atoms with Crippen molar-refractivity contribution in [2.45, 2.75) is 13.0 Å². The molecule has 2 N–H and O–H groups in total. The van der Waals surface area contributed by atoms with Crippen molar-refractivity contribution in [3.63, 3.8) is 0 Å². The van der Waals surface area contributed by atoms with Gasteiger partial charge in [0.15, 0.2) is 10.6 Å². The molecule has 0 aliphatic heterocycles. The monoisotopic (exact) mass is 456 g/mol. The van der Waals surface area contributed by atoms with Crippen LogP contribution in [0.1, 0.15) is 6.42 Å². The van der Waals surface area contributed by atoms with Crippen LogP contribution in [-0.2, 0) is 11.3 Å². The Balaban J connectivity index is 1.35. The Hall–Kier alpha value is -2.94. The predicted octanol–water partition coefficient (Wildman–Crippen LogP) is 6.14. The molecule has 0 radical (unpaired) electrons. The quantitative estimate of drug-likeness (QED) is 0.327. The predicted molar refractivity (Wildman–Crippen MR) is 122 cm³/mol. The average molecular weight is 457 g/mol. The Kier molecular flexibility index (Phi) is 6.27. The largest absolute Gasteiger partial charge is 0.456 e. The van der Waals surface area contributed by atoms with E-state index in [0.717, 1.165) is 10.7 Å². The van der Waals surface area contributed by atoms with Crippen LogP contribution in [0.5, 0.6) is 11.5 Å². The van der Waals surface area contributed by atoms with Crippen LogP contribution in [0.25, 0.3) is 10.7 Å². The van der Waals surface area contributed by atoms with Gasteiger partial charge in [-0.05, 0) is 60.1 Å². The Morgan fingerprint density at radius 3 is 2.70 bits per heavy atom. The molecule has 1 amide bonds. The number of benzene rings is 2. The molecule has 0 atom stereocenters. The van der Waals surface area contributed by atoms with Gasteiger partial charge in [-0.25, -0.2) is 0 Å². The van der Waals surface area contributed by atoms with E-state index in [9.17, 15) is 4.79 Å². The van der Waals surface area contributed by atoms with Crippen LogP contribution in [-0.4, -0.2) is 20.7 Å². The maximum atomic E-state index is 12.4. The summed E-state index contributed by atoms with van der Waals surface area (Å²) in [5.74, 6) is 1.83. The molecule has 2 aromatic heterocycles. The van der Waals surface area contributed by atoms with Crippen LogP contribution in [0.2, 0.25) is 5.02 Å². The highest BCUT2D eigenvalue weighted by atomic mass is 35.5. The summed E-state index contributed by atoms with van der Waals surface area (Å²) in [5.41, 5.74) is 0.681. The van der Waals surface area contributed by atoms with E-state index >= 15 is 0 Å². The number of ether oxygens (including phenoxy) is 1. The van der Waals surface area contributed by atoms with E-state index in [-0.39, 0.29) is 12.3 Å². The first-order chi connectivity index (χ1) is 14.6. The Bertz CT molecular complexity index is 1200. The van der Waals surface area contributed by atoms with Crippen LogP contribution in [0, 0.1) is 4.77 Å². The molecule has 4 aromatic rings. The number of aromatic nitrogens is 3. The molecule has 0 fully saturated rings. The Labute approximate surface area is 187 Å². The first kappa shape index (κ1) is 20.3. The van der Waals surface area contributed by atoms with Gasteiger partial charge in [-0.2, -0.15) is 5.10 Å². The van der Waals surface area contributed by atoms with Crippen LogP contribution >= 0.6 is 35.2 Å². The fraction of sp³-hybridized carbons (Fsp3) is 0.0952. The molecule has 2 heterocycles. The van der Waals surface area contributed by atoms with Gasteiger partial charge in [0.2, 0.25) is 5.91 Å². The topological polar surface area (TPSA) is 71.9 Å². The molecule has 0 unspecified atom stereocenters. The number of nitrogens with one attached hydrogen (secondary N) is 2. The van der Waals surface area contributed by atoms with Gasteiger partial charge in [-0.1, -0.05) is 29.8 Å². The minimum Gasteiger partial charge on any atom is -0.456 e. The summed E-state index contributed by atoms with van der Waals surface area (Å²) < 4.78 is 8.09. The van der Waals surface area contributed by atoms with E-state index in [1.807, 2.05) is 34.2 Å². The maximum absolute atomic E-state index is 12.4. The van der Waals surface area contributed by atoms with Gasteiger partial charge in [0.1, 0.15) is 11.5 Å². The smallest absolute Gasteiger partial charge is 0.226 e. The van der Waals surface area contributed by atoms with Crippen molar-refractivity contribution in [2.75, 3.05) is 5.32 Å². The van der Waals surface area contributed by atoms with Gasteiger partial charge in [-0.3, -0.25) is 14.5 Å². The lowest BCUT2D eigenvalue weighted by Crippen LogP contribution is -2.15. The summed E-state index contributed by atoms with van der Waals surface area (Å²) in [4.78, 5) is 13.4. The first-order valence-corrected chi connectivity index (χ1v) is 10.8. The third-order valence-corrected chi connectivity index (χ3v) is 5.75. The number of H-pyrrole nitrogens is 1. The van der Waals surface area contributed by atoms with Crippen LogP contribution in [0.4, 0.5) is 5.69 Å². The molecule has 2 aromatic carbocycles. The van der Waals surface area contributed by atoms with Crippen molar-refractivity contribution in [1.82, 2.24) is 14.8 Å². The third kappa shape index (κ3) is 4.79. The summed E-state index contributed by atoms with van der Waals surface area (Å²) >= 11 is 13.0. The molecule has 6 nitrogen and oxygen atoms in total. The van der Waals surface area contributed by atoms with Crippen molar-refractivity contribution in [3.8, 4) is 22.2 Å². The fourth-order valence-electron chi connectivity index (χ4n) is 2.82. The standard InChI is InChI=1S/C21H17ClN4O2S2/c22-16-4-1-2-5-17(16)28-15-9-7-14(8-10-15)23-19(27)11-12-26-20(24-25-21(26)29)18-6-3-13-30-18/h1-10,13H,11-12H2,(H,23,27)(H,25,29). The summed E-state index contributed by atoms with van der Waals surface area (Å²) in [7, 11) is 0. The van der Waals surface area contributed by atoms with Crippen LogP contribution in [0.15, 0.2) is 66.0 Å². The number of anilines is 1. The average Bonchev–Trinajstić information content (AvgIpc) is 3.39. The van der Waals surface area contributed by atoms with Gasteiger partial charge >= 0.3 is 0 Å². The molecule has 30 heavy (non-hydrogen) atoms. The highest BCUT2D eigenvalue weighted by molar-refractivity contribution is 7.71. The van der Waals surface area contributed by atoms with E-state index in [0.29, 0.717) is 33.5 Å². The zero-order valence-corrected chi connectivity index (χ0v) is 18.1. The molecule has 0 bridgehead atoms. The van der Waals surface area contributed by atoms with Crippen molar-refractivity contribution >= 4 is 46.8 Å². The lowest BCUT2D eigenvalue weighted by Gasteiger charge is -2.10.